The van der Waals surface area contributed by atoms with Gasteiger partial charge in [-0.25, -0.2) is 0 Å². The molecule has 17 heavy (non-hydrogen) atoms. The molecular weight excluding hydrogens is 214 g/mol. The molecule has 0 atom stereocenters. The van der Waals surface area contributed by atoms with Gasteiger partial charge in [-0.3, -0.25) is 0 Å². The van der Waals surface area contributed by atoms with Crippen LogP contribution in [0.1, 0.15) is 24.5 Å². The van der Waals surface area contributed by atoms with Crippen molar-refractivity contribution < 1.29 is 5.21 Å². The maximum atomic E-state index is 8.52. The van der Waals surface area contributed by atoms with Gasteiger partial charge in [0.1, 0.15) is 0 Å². The van der Waals surface area contributed by atoms with Gasteiger partial charge in [-0.15, -0.1) is 11.8 Å². The minimum absolute atomic E-state index is 0.128. The third kappa shape index (κ3) is 4.58. The number of hydrogen-bond donors (Lipinski definition) is 3. The highest BCUT2D eigenvalue weighted by atomic mass is 16.4. The smallest absolute Gasteiger partial charge is 0.170 e. The summed E-state index contributed by atoms with van der Waals surface area (Å²) in [5.41, 5.74) is 7.34. The Morgan fingerprint density at radius 1 is 1.41 bits per heavy atom. The van der Waals surface area contributed by atoms with E-state index in [1.807, 2.05) is 31.2 Å². The lowest BCUT2D eigenvalue weighted by Gasteiger charge is -2.04. The molecule has 0 spiro atoms. The largest absolute Gasteiger partial charge is 0.409 e. The topological polar surface area (TPSA) is 70.6 Å². The van der Waals surface area contributed by atoms with Crippen molar-refractivity contribution in [1.82, 2.24) is 5.32 Å². The van der Waals surface area contributed by atoms with E-state index in [-0.39, 0.29) is 5.84 Å². The van der Waals surface area contributed by atoms with E-state index in [1.165, 1.54) is 0 Å². The molecule has 0 amide bonds. The van der Waals surface area contributed by atoms with Gasteiger partial charge in [-0.2, -0.15) is 0 Å². The molecule has 0 unspecified atom stereocenters. The highest BCUT2D eigenvalue weighted by Crippen LogP contribution is 2.03. The fourth-order valence-corrected chi connectivity index (χ4v) is 1.36. The van der Waals surface area contributed by atoms with E-state index in [1.54, 1.807) is 0 Å². The minimum Gasteiger partial charge on any atom is -0.409 e. The molecule has 1 aromatic carbocycles. The molecule has 0 aliphatic heterocycles. The molecular formula is C13H17N3O. The normalized spacial score (nSPS) is 10.8. The maximum absolute atomic E-state index is 8.52. The Balaban J connectivity index is 2.42. The van der Waals surface area contributed by atoms with Crippen molar-refractivity contribution in [1.29, 1.82) is 0 Å². The molecule has 90 valence electrons. The van der Waals surface area contributed by atoms with E-state index in [0.717, 1.165) is 25.1 Å². The highest BCUT2D eigenvalue weighted by Gasteiger charge is 1.98. The molecule has 1 aromatic rings. The number of nitrogens with two attached hydrogens (primary N) is 1. The number of benzene rings is 1. The van der Waals surface area contributed by atoms with Gasteiger partial charge in [0.05, 0.1) is 0 Å². The molecule has 4 nitrogen and oxygen atoms in total. The Morgan fingerprint density at radius 3 is 2.71 bits per heavy atom. The average molecular weight is 231 g/mol. The second kappa shape index (κ2) is 7.31. The van der Waals surface area contributed by atoms with Crippen LogP contribution in [0, 0.1) is 11.8 Å². The third-order valence-electron chi connectivity index (χ3n) is 2.29. The SMILES string of the molecule is CC#CCCNCc1ccc(/C(N)=N/O)cc1. The van der Waals surface area contributed by atoms with Crippen LogP contribution in [0.3, 0.4) is 0 Å². The fourth-order valence-electron chi connectivity index (χ4n) is 1.36. The van der Waals surface area contributed by atoms with Gasteiger partial charge in [0, 0.05) is 25.1 Å². The van der Waals surface area contributed by atoms with Crippen LogP contribution in [0.5, 0.6) is 0 Å². The monoisotopic (exact) mass is 231 g/mol. The quantitative estimate of drug-likeness (QED) is 0.178. The van der Waals surface area contributed by atoms with Crippen LogP contribution in [0.25, 0.3) is 0 Å². The molecule has 0 bridgehead atoms. The van der Waals surface area contributed by atoms with Crippen molar-refractivity contribution in [3.8, 4) is 11.8 Å². The molecule has 4 heteroatoms. The van der Waals surface area contributed by atoms with Crippen molar-refractivity contribution in [3.63, 3.8) is 0 Å². The summed E-state index contributed by atoms with van der Waals surface area (Å²) < 4.78 is 0. The summed E-state index contributed by atoms with van der Waals surface area (Å²) in [5.74, 6) is 5.97. The van der Waals surface area contributed by atoms with Crippen LogP contribution >= 0.6 is 0 Å². The first-order chi connectivity index (χ1) is 8.27. The molecule has 4 N–H and O–H groups in total. The zero-order chi connectivity index (χ0) is 12.5. The Bertz CT molecular complexity index is 426. The molecule has 0 aliphatic carbocycles. The van der Waals surface area contributed by atoms with Gasteiger partial charge in [-0.05, 0) is 12.5 Å². The fraction of sp³-hybridized carbons (Fsp3) is 0.308. The summed E-state index contributed by atoms with van der Waals surface area (Å²) in [6.07, 6.45) is 0.860. The van der Waals surface area contributed by atoms with Gasteiger partial charge in [0.25, 0.3) is 0 Å². The second-order valence-electron chi connectivity index (χ2n) is 3.54. The van der Waals surface area contributed by atoms with Crippen molar-refractivity contribution in [2.45, 2.75) is 19.9 Å². The lowest BCUT2D eigenvalue weighted by atomic mass is 10.1. The molecule has 0 aliphatic rings. The van der Waals surface area contributed by atoms with E-state index in [2.05, 4.69) is 22.3 Å². The van der Waals surface area contributed by atoms with E-state index in [0.29, 0.717) is 5.56 Å². The Kier molecular flexibility index (Phi) is 5.62. The van der Waals surface area contributed by atoms with Crippen LogP contribution in [0.4, 0.5) is 0 Å². The molecule has 1 rings (SSSR count). The molecule has 0 saturated heterocycles. The van der Waals surface area contributed by atoms with E-state index in [4.69, 9.17) is 10.9 Å². The van der Waals surface area contributed by atoms with Gasteiger partial charge in [0.2, 0.25) is 0 Å². The lowest BCUT2D eigenvalue weighted by Crippen LogP contribution is -2.15. The highest BCUT2D eigenvalue weighted by molar-refractivity contribution is 5.96. The van der Waals surface area contributed by atoms with Gasteiger partial charge in [-0.1, -0.05) is 29.4 Å². The van der Waals surface area contributed by atoms with Crippen LogP contribution < -0.4 is 11.1 Å². The summed E-state index contributed by atoms with van der Waals surface area (Å²) in [4.78, 5) is 0. The van der Waals surface area contributed by atoms with Crippen molar-refractivity contribution >= 4 is 5.84 Å². The third-order valence-corrected chi connectivity index (χ3v) is 2.29. The number of nitrogens with zero attached hydrogens (tertiary/aromatic N) is 1. The maximum Gasteiger partial charge on any atom is 0.170 e. The zero-order valence-corrected chi connectivity index (χ0v) is 9.90. The predicted octanol–water partition coefficient (Wildman–Crippen LogP) is 1.28. The van der Waals surface area contributed by atoms with E-state index < -0.39 is 0 Å². The van der Waals surface area contributed by atoms with E-state index in [9.17, 15) is 0 Å². The van der Waals surface area contributed by atoms with Crippen LogP contribution in [0.2, 0.25) is 0 Å². The second-order valence-corrected chi connectivity index (χ2v) is 3.54. The zero-order valence-electron chi connectivity index (χ0n) is 9.90. The first-order valence-corrected chi connectivity index (χ1v) is 5.45. The van der Waals surface area contributed by atoms with Crippen molar-refractivity contribution in [2.75, 3.05) is 6.54 Å². The number of amidine groups is 1. The Morgan fingerprint density at radius 2 is 2.12 bits per heavy atom. The van der Waals surface area contributed by atoms with Gasteiger partial charge in [0.15, 0.2) is 5.84 Å². The first-order valence-electron chi connectivity index (χ1n) is 5.45. The van der Waals surface area contributed by atoms with Crippen LogP contribution in [0.15, 0.2) is 29.4 Å². The standard InChI is InChI=1S/C13H17N3O/c1-2-3-4-9-15-10-11-5-7-12(8-6-11)13(14)16-17/h5-8,15,17H,4,9-10H2,1H3,(H2,14,16). The molecule has 0 fully saturated rings. The molecule has 0 saturated carbocycles. The molecule has 0 aromatic heterocycles. The van der Waals surface area contributed by atoms with E-state index >= 15 is 0 Å². The average Bonchev–Trinajstić information content (AvgIpc) is 2.38. The summed E-state index contributed by atoms with van der Waals surface area (Å²) in [6.45, 7) is 3.51. The van der Waals surface area contributed by atoms with Gasteiger partial charge < -0.3 is 16.3 Å². The Hall–Kier alpha value is -1.99. The number of rotatable bonds is 5. The predicted molar refractivity (Wildman–Crippen MR) is 68.7 cm³/mol. The summed E-state index contributed by atoms with van der Waals surface area (Å²) in [7, 11) is 0. The van der Waals surface area contributed by atoms with Crippen molar-refractivity contribution in [3.05, 3.63) is 35.4 Å². The van der Waals surface area contributed by atoms with Crippen LogP contribution in [-0.2, 0) is 6.54 Å². The molecule has 0 radical (unpaired) electrons. The molecule has 0 heterocycles. The first kappa shape index (κ1) is 13.1. The summed E-state index contributed by atoms with van der Waals surface area (Å²) in [5, 5.41) is 14.8. The summed E-state index contributed by atoms with van der Waals surface area (Å²) >= 11 is 0. The number of oxime groups is 1. The summed E-state index contributed by atoms with van der Waals surface area (Å²) in [6, 6.07) is 7.56. The number of hydrogen-bond acceptors (Lipinski definition) is 3. The van der Waals surface area contributed by atoms with Crippen molar-refractivity contribution in [2.24, 2.45) is 10.9 Å². The Labute approximate surface area is 102 Å². The lowest BCUT2D eigenvalue weighted by molar-refractivity contribution is 0.318. The minimum atomic E-state index is 0.128. The van der Waals surface area contributed by atoms with Gasteiger partial charge >= 0.3 is 0 Å². The van der Waals surface area contributed by atoms with Crippen LogP contribution in [-0.4, -0.2) is 17.6 Å². The number of nitrogens with one attached hydrogen (secondary N) is 1.